The van der Waals surface area contributed by atoms with Crippen molar-refractivity contribution in [2.45, 2.75) is 25.8 Å². The number of halogens is 1. The summed E-state index contributed by atoms with van der Waals surface area (Å²) in [5, 5.41) is 4.11. The molecule has 100 valence electrons. The number of nitrogens with one attached hydrogen (secondary N) is 1. The summed E-state index contributed by atoms with van der Waals surface area (Å²) in [4.78, 5) is 2.62. The second-order valence-electron chi connectivity index (χ2n) is 5.18. The highest BCUT2D eigenvalue weighted by molar-refractivity contribution is 6.30. The molecule has 2 nitrogen and oxygen atoms in total. The molecule has 3 heteroatoms. The van der Waals surface area contributed by atoms with E-state index in [0.717, 1.165) is 23.9 Å². The molecule has 0 aromatic heterocycles. The van der Waals surface area contributed by atoms with Crippen LogP contribution in [0.5, 0.6) is 0 Å². The maximum atomic E-state index is 5.96. The number of hydrogen-bond donors (Lipinski definition) is 1. The molecule has 0 spiro atoms. The molecule has 18 heavy (non-hydrogen) atoms. The van der Waals surface area contributed by atoms with Crippen LogP contribution in [0, 0.1) is 5.92 Å². The minimum absolute atomic E-state index is 0.545. The van der Waals surface area contributed by atoms with Gasteiger partial charge in [-0.15, -0.1) is 0 Å². The van der Waals surface area contributed by atoms with E-state index in [1.54, 1.807) is 0 Å². The van der Waals surface area contributed by atoms with E-state index in [1.807, 2.05) is 19.2 Å². The molecule has 1 fully saturated rings. The van der Waals surface area contributed by atoms with E-state index in [2.05, 4.69) is 29.3 Å². The molecule has 2 atom stereocenters. The van der Waals surface area contributed by atoms with Gasteiger partial charge in [0.05, 0.1) is 0 Å². The van der Waals surface area contributed by atoms with Gasteiger partial charge in [0, 0.05) is 17.6 Å². The standard InChI is InChI=1S/C15H23ClN2/c1-3-15(13-4-6-14(16)7-5-13)18-9-8-12(11-18)10-17-2/h4-7,12,15,17H,3,8-11H2,1-2H3. The maximum Gasteiger partial charge on any atom is 0.0406 e. The largest absolute Gasteiger partial charge is 0.319 e. The first-order valence-corrected chi connectivity index (χ1v) is 7.26. The Hall–Kier alpha value is -0.570. The van der Waals surface area contributed by atoms with Crippen molar-refractivity contribution < 1.29 is 0 Å². The van der Waals surface area contributed by atoms with Crippen LogP contribution in [0.4, 0.5) is 0 Å². The van der Waals surface area contributed by atoms with Gasteiger partial charge in [-0.25, -0.2) is 0 Å². The van der Waals surface area contributed by atoms with Gasteiger partial charge in [-0.3, -0.25) is 4.90 Å². The predicted molar refractivity (Wildman–Crippen MR) is 78.1 cm³/mol. The lowest BCUT2D eigenvalue weighted by Crippen LogP contribution is -2.28. The fourth-order valence-corrected chi connectivity index (χ4v) is 3.12. The van der Waals surface area contributed by atoms with Gasteiger partial charge in [-0.05, 0) is 56.6 Å². The van der Waals surface area contributed by atoms with Crippen LogP contribution in [-0.2, 0) is 0 Å². The van der Waals surface area contributed by atoms with Crippen molar-refractivity contribution in [3.05, 3.63) is 34.9 Å². The van der Waals surface area contributed by atoms with Crippen molar-refractivity contribution >= 4 is 11.6 Å². The number of benzene rings is 1. The topological polar surface area (TPSA) is 15.3 Å². The lowest BCUT2D eigenvalue weighted by Gasteiger charge is -2.27. The van der Waals surface area contributed by atoms with Crippen LogP contribution in [0.15, 0.2) is 24.3 Å². The number of hydrogen-bond acceptors (Lipinski definition) is 2. The number of likely N-dealkylation sites (tertiary alicyclic amines) is 1. The molecule has 0 saturated carbocycles. The Morgan fingerprint density at radius 2 is 2.11 bits per heavy atom. The molecule has 0 aliphatic carbocycles. The lowest BCUT2D eigenvalue weighted by molar-refractivity contribution is 0.230. The van der Waals surface area contributed by atoms with Gasteiger partial charge < -0.3 is 5.32 Å². The van der Waals surface area contributed by atoms with Gasteiger partial charge in [0.15, 0.2) is 0 Å². The lowest BCUT2D eigenvalue weighted by atomic mass is 10.0. The molecule has 1 saturated heterocycles. The van der Waals surface area contributed by atoms with Gasteiger partial charge in [-0.2, -0.15) is 0 Å². The third kappa shape index (κ3) is 3.25. The van der Waals surface area contributed by atoms with E-state index in [0.29, 0.717) is 6.04 Å². The number of rotatable bonds is 5. The highest BCUT2D eigenvalue weighted by Crippen LogP contribution is 2.30. The molecular formula is C15H23ClN2. The van der Waals surface area contributed by atoms with Gasteiger partial charge in [0.2, 0.25) is 0 Å². The van der Waals surface area contributed by atoms with Crippen LogP contribution in [-0.4, -0.2) is 31.6 Å². The van der Waals surface area contributed by atoms with Crippen LogP contribution >= 0.6 is 11.6 Å². The molecule has 0 amide bonds. The summed E-state index contributed by atoms with van der Waals surface area (Å²) in [7, 11) is 2.04. The van der Waals surface area contributed by atoms with E-state index in [4.69, 9.17) is 11.6 Å². The third-order valence-electron chi connectivity index (χ3n) is 3.89. The zero-order chi connectivity index (χ0) is 13.0. The Morgan fingerprint density at radius 1 is 1.39 bits per heavy atom. The van der Waals surface area contributed by atoms with Gasteiger partial charge in [0.1, 0.15) is 0 Å². The molecule has 1 aliphatic rings. The average molecular weight is 267 g/mol. The second-order valence-corrected chi connectivity index (χ2v) is 5.62. The molecule has 0 radical (unpaired) electrons. The highest BCUT2D eigenvalue weighted by Gasteiger charge is 2.27. The first-order chi connectivity index (χ1) is 8.74. The minimum atomic E-state index is 0.545. The Balaban J connectivity index is 2.03. The molecule has 2 rings (SSSR count). The minimum Gasteiger partial charge on any atom is -0.319 e. The molecule has 0 bridgehead atoms. The summed E-state index contributed by atoms with van der Waals surface area (Å²) in [6.07, 6.45) is 2.47. The maximum absolute atomic E-state index is 5.96. The molecule has 2 unspecified atom stereocenters. The zero-order valence-electron chi connectivity index (χ0n) is 11.3. The van der Waals surface area contributed by atoms with Gasteiger partial charge in [-0.1, -0.05) is 30.7 Å². The average Bonchev–Trinajstić information content (AvgIpc) is 2.82. The smallest absolute Gasteiger partial charge is 0.0406 e. The summed E-state index contributed by atoms with van der Waals surface area (Å²) in [5.41, 5.74) is 1.40. The summed E-state index contributed by atoms with van der Waals surface area (Å²) >= 11 is 5.96. The van der Waals surface area contributed by atoms with E-state index in [1.165, 1.54) is 25.1 Å². The van der Waals surface area contributed by atoms with Crippen molar-refractivity contribution in [3.8, 4) is 0 Å². The molecule has 1 heterocycles. The summed E-state index contributed by atoms with van der Waals surface area (Å²) < 4.78 is 0. The quantitative estimate of drug-likeness (QED) is 0.880. The van der Waals surface area contributed by atoms with Crippen LogP contribution in [0.1, 0.15) is 31.4 Å². The molecule has 1 N–H and O–H groups in total. The SMILES string of the molecule is CCC(c1ccc(Cl)cc1)N1CCC(CNC)C1. The van der Waals surface area contributed by atoms with Crippen molar-refractivity contribution in [1.29, 1.82) is 0 Å². The van der Waals surface area contributed by atoms with Crippen LogP contribution in [0.25, 0.3) is 0 Å². The third-order valence-corrected chi connectivity index (χ3v) is 4.14. The van der Waals surface area contributed by atoms with Crippen molar-refractivity contribution in [2.24, 2.45) is 5.92 Å². The first-order valence-electron chi connectivity index (χ1n) is 6.88. The summed E-state index contributed by atoms with van der Waals surface area (Å²) in [6.45, 7) is 5.83. The fraction of sp³-hybridized carbons (Fsp3) is 0.600. The van der Waals surface area contributed by atoms with E-state index in [9.17, 15) is 0 Å². The van der Waals surface area contributed by atoms with Gasteiger partial charge >= 0.3 is 0 Å². The van der Waals surface area contributed by atoms with E-state index < -0.39 is 0 Å². The second kappa shape index (κ2) is 6.55. The molecule has 1 aromatic carbocycles. The summed E-state index contributed by atoms with van der Waals surface area (Å²) in [5.74, 6) is 0.802. The zero-order valence-corrected chi connectivity index (χ0v) is 12.1. The van der Waals surface area contributed by atoms with Crippen LogP contribution in [0.2, 0.25) is 5.02 Å². The fourth-order valence-electron chi connectivity index (χ4n) is 2.99. The monoisotopic (exact) mass is 266 g/mol. The highest BCUT2D eigenvalue weighted by atomic mass is 35.5. The predicted octanol–water partition coefficient (Wildman–Crippen LogP) is 3.33. The van der Waals surface area contributed by atoms with E-state index >= 15 is 0 Å². The number of nitrogens with zero attached hydrogens (tertiary/aromatic N) is 1. The van der Waals surface area contributed by atoms with Gasteiger partial charge in [0.25, 0.3) is 0 Å². The Bertz CT molecular complexity index is 363. The Morgan fingerprint density at radius 3 is 2.72 bits per heavy atom. The Labute approximate surface area is 115 Å². The van der Waals surface area contributed by atoms with Crippen molar-refractivity contribution in [2.75, 3.05) is 26.7 Å². The van der Waals surface area contributed by atoms with E-state index in [-0.39, 0.29) is 0 Å². The summed E-state index contributed by atoms with van der Waals surface area (Å²) in [6, 6.07) is 8.88. The Kier molecular flexibility index (Phi) is 5.04. The van der Waals surface area contributed by atoms with Crippen LogP contribution < -0.4 is 5.32 Å². The van der Waals surface area contributed by atoms with Crippen LogP contribution in [0.3, 0.4) is 0 Å². The molecular weight excluding hydrogens is 244 g/mol. The molecule has 1 aliphatic heterocycles. The van der Waals surface area contributed by atoms with Crippen molar-refractivity contribution in [3.63, 3.8) is 0 Å². The van der Waals surface area contributed by atoms with Crippen molar-refractivity contribution in [1.82, 2.24) is 10.2 Å². The molecule has 1 aromatic rings. The first kappa shape index (κ1) is 13.9. The normalized spacial score (nSPS) is 22.3.